The van der Waals surface area contributed by atoms with Crippen LogP contribution in [0.3, 0.4) is 0 Å². The standard InChI is InChI=1S/C15H18O6/c1-21-12-8-11(16)9(13(17)18)7-10(12)15(14(19)20)5-3-2-4-6-15/h7-8,16H,2-6H2,1H3,(H,17,18)(H,19,20). The Morgan fingerprint density at radius 2 is 1.76 bits per heavy atom. The number of benzene rings is 1. The first-order chi connectivity index (χ1) is 9.92. The normalized spacial score (nSPS) is 17.2. The van der Waals surface area contributed by atoms with Crippen molar-refractivity contribution in [1.29, 1.82) is 0 Å². The van der Waals surface area contributed by atoms with Gasteiger partial charge < -0.3 is 20.1 Å². The van der Waals surface area contributed by atoms with Gasteiger partial charge in [-0.05, 0) is 18.9 Å². The number of carbonyl (C=O) groups is 2. The summed E-state index contributed by atoms with van der Waals surface area (Å²) in [5.41, 5.74) is -1.13. The molecule has 1 aliphatic carbocycles. The van der Waals surface area contributed by atoms with E-state index in [2.05, 4.69) is 0 Å². The quantitative estimate of drug-likeness (QED) is 0.787. The third kappa shape index (κ3) is 2.53. The number of aliphatic carboxylic acids is 1. The van der Waals surface area contributed by atoms with E-state index in [0.29, 0.717) is 18.4 Å². The van der Waals surface area contributed by atoms with Crippen molar-refractivity contribution >= 4 is 11.9 Å². The SMILES string of the molecule is COc1cc(O)c(C(=O)O)cc1C1(C(=O)O)CCCCC1. The lowest BCUT2D eigenvalue weighted by atomic mass is 9.69. The summed E-state index contributed by atoms with van der Waals surface area (Å²) in [6.07, 6.45) is 3.35. The van der Waals surface area contributed by atoms with E-state index in [4.69, 9.17) is 9.84 Å². The van der Waals surface area contributed by atoms with Gasteiger partial charge in [0, 0.05) is 11.6 Å². The minimum atomic E-state index is -1.30. The molecule has 6 nitrogen and oxygen atoms in total. The number of aromatic carboxylic acids is 1. The van der Waals surface area contributed by atoms with Crippen LogP contribution < -0.4 is 4.74 Å². The lowest BCUT2D eigenvalue weighted by Crippen LogP contribution is -2.38. The Bertz CT molecular complexity index is 572. The van der Waals surface area contributed by atoms with Crippen molar-refractivity contribution in [2.24, 2.45) is 0 Å². The van der Waals surface area contributed by atoms with Crippen LogP contribution in [0.5, 0.6) is 11.5 Å². The average Bonchev–Trinajstić information content (AvgIpc) is 2.46. The van der Waals surface area contributed by atoms with Crippen molar-refractivity contribution in [1.82, 2.24) is 0 Å². The van der Waals surface area contributed by atoms with Crippen LogP contribution in [-0.2, 0) is 10.2 Å². The Labute approximate surface area is 122 Å². The first-order valence-corrected chi connectivity index (χ1v) is 6.80. The molecule has 0 aliphatic heterocycles. The fourth-order valence-corrected chi connectivity index (χ4v) is 3.04. The fraction of sp³-hybridized carbons (Fsp3) is 0.467. The first-order valence-electron chi connectivity index (χ1n) is 6.80. The number of carboxylic acids is 2. The molecule has 2 rings (SSSR count). The average molecular weight is 294 g/mol. The van der Waals surface area contributed by atoms with Gasteiger partial charge in [-0.2, -0.15) is 0 Å². The molecule has 1 saturated carbocycles. The van der Waals surface area contributed by atoms with E-state index in [0.717, 1.165) is 19.3 Å². The Morgan fingerprint density at radius 3 is 2.24 bits per heavy atom. The maximum atomic E-state index is 11.8. The molecule has 0 heterocycles. The molecule has 0 spiro atoms. The fourth-order valence-electron chi connectivity index (χ4n) is 3.04. The molecule has 0 aromatic heterocycles. The highest BCUT2D eigenvalue weighted by molar-refractivity contribution is 5.93. The van der Waals surface area contributed by atoms with Crippen LogP contribution in [0.4, 0.5) is 0 Å². The minimum absolute atomic E-state index is 0.210. The van der Waals surface area contributed by atoms with Gasteiger partial charge in [-0.1, -0.05) is 19.3 Å². The second-order valence-electron chi connectivity index (χ2n) is 5.32. The topological polar surface area (TPSA) is 104 Å². The van der Waals surface area contributed by atoms with E-state index < -0.39 is 23.1 Å². The molecular weight excluding hydrogens is 276 g/mol. The molecule has 0 radical (unpaired) electrons. The summed E-state index contributed by atoms with van der Waals surface area (Å²) >= 11 is 0. The smallest absolute Gasteiger partial charge is 0.339 e. The van der Waals surface area contributed by atoms with E-state index >= 15 is 0 Å². The summed E-state index contributed by atoms with van der Waals surface area (Å²) in [4.78, 5) is 23.0. The Hall–Kier alpha value is -2.24. The largest absolute Gasteiger partial charge is 0.507 e. The van der Waals surface area contributed by atoms with E-state index in [-0.39, 0.29) is 11.3 Å². The number of aromatic hydroxyl groups is 1. The van der Waals surface area contributed by atoms with Gasteiger partial charge in [-0.15, -0.1) is 0 Å². The number of methoxy groups -OCH3 is 1. The summed E-state index contributed by atoms with van der Waals surface area (Å²) in [5.74, 6) is -2.50. The highest BCUT2D eigenvalue weighted by atomic mass is 16.5. The molecule has 0 saturated heterocycles. The number of hydrogen-bond donors (Lipinski definition) is 3. The van der Waals surface area contributed by atoms with Crippen LogP contribution in [0.15, 0.2) is 12.1 Å². The summed E-state index contributed by atoms with van der Waals surface area (Å²) in [6, 6.07) is 2.41. The number of carboxylic acid groups (broad SMARTS) is 2. The maximum absolute atomic E-state index is 11.8. The number of ether oxygens (including phenoxy) is 1. The van der Waals surface area contributed by atoms with E-state index in [1.165, 1.54) is 19.2 Å². The molecule has 0 unspecified atom stereocenters. The van der Waals surface area contributed by atoms with Gasteiger partial charge in [0.05, 0.1) is 12.5 Å². The van der Waals surface area contributed by atoms with Gasteiger partial charge >= 0.3 is 11.9 Å². The van der Waals surface area contributed by atoms with Crippen LogP contribution in [0, 0.1) is 0 Å². The first kappa shape index (κ1) is 15.2. The molecule has 1 aliphatic rings. The molecule has 1 aromatic rings. The second-order valence-corrected chi connectivity index (χ2v) is 5.32. The molecule has 21 heavy (non-hydrogen) atoms. The van der Waals surface area contributed by atoms with Crippen molar-refractivity contribution in [3.05, 3.63) is 23.3 Å². The number of hydrogen-bond acceptors (Lipinski definition) is 4. The van der Waals surface area contributed by atoms with Gasteiger partial charge in [0.2, 0.25) is 0 Å². The molecule has 3 N–H and O–H groups in total. The minimum Gasteiger partial charge on any atom is -0.507 e. The summed E-state index contributed by atoms with van der Waals surface area (Å²) in [5, 5.41) is 28.6. The molecule has 1 aromatic carbocycles. The maximum Gasteiger partial charge on any atom is 0.339 e. The predicted molar refractivity (Wildman–Crippen MR) is 74.0 cm³/mol. The van der Waals surface area contributed by atoms with Crippen molar-refractivity contribution in [3.63, 3.8) is 0 Å². The zero-order chi connectivity index (χ0) is 15.6. The number of phenols is 1. The van der Waals surface area contributed by atoms with E-state index in [9.17, 15) is 19.8 Å². The van der Waals surface area contributed by atoms with Crippen LogP contribution in [-0.4, -0.2) is 34.4 Å². The molecule has 0 bridgehead atoms. The summed E-state index contributed by atoms with van der Waals surface area (Å²) in [6.45, 7) is 0. The second kappa shape index (κ2) is 5.63. The van der Waals surface area contributed by atoms with Gasteiger partial charge in [-0.3, -0.25) is 4.79 Å². The summed E-state index contributed by atoms with van der Waals surface area (Å²) < 4.78 is 5.17. The van der Waals surface area contributed by atoms with E-state index in [1.54, 1.807) is 0 Å². The van der Waals surface area contributed by atoms with Gasteiger partial charge in [0.25, 0.3) is 0 Å². The van der Waals surface area contributed by atoms with Gasteiger partial charge in [0.15, 0.2) is 0 Å². The lowest BCUT2D eigenvalue weighted by molar-refractivity contribution is -0.145. The van der Waals surface area contributed by atoms with Crippen LogP contribution in [0.25, 0.3) is 0 Å². The molecule has 114 valence electrons. The third-order valence-electron chi connectivity index (χ3n) is 4.18. The lowest BCUT2D eigenvalue weighted by Gasteiger charge is -2.34. The zero-order valence-electron chi connectivity index (χ0n) is 11.8. The molecule has 0 atom stereocenters. The summed E-state index contributed by atoms with van der Waals surface area (Å²) in [7, 11) is 1.37. The Balaban J connectivity index is 2.66. The van der Waals surface area contributed by atoms with Crippen molar-refractivity contribution < 1.29 is 29.6 Å². The predicted octanol–water partition coefficient (Wildman–Crippen LogP) is 2.39. The highest BCUT2D eigenvalue weighted by Gasteiger charge is 2.44. The highest BCUT2D eigenvalue weighted by Crippen LogP contribution is 2.45. The van der Waals surface area contributed by atoms with Crippen LogP contribution in [0.2, 0.25) is 0 Å². The molecular formula is C15H18O6. The van der Waals surface area contributed by atoms with Gasteiger partial charge in [-0.25, -0.2) is 4.79 Å². The van der Waals surface area contributed by atoms with Gasteiger partial charge in [0.1, 0.15) is 17.1 Å². The van der Waals surface area contributed by atoms with Crippen LogP contribution in [0.1, 0.15) is 48.0 Å². The van der Waals surface area contributed by atoms with Crippen molar-refractivity contribution in [3.8, 4) is 11.5 Å². The van der Waals surface area contributed by atoms with E-state index in [1.807, 2.05) is 0 Å². The third-order valence-corrected chi connectivity index (χ3v) is 4.18. The van der Waals surface area contributed by atoms with Crippen LogP contribution >= 0.6 is 0 Å². The van der Waals surface area contributed by atoms with Crippen molar-refractivity contribution in [2.75, 3.05) is 7.11 Å². The Kier molecular flexibility index (Phi) is 4.06. The zero-order valence-corrected chi connectivity index (χ0v) is 11.8. The molecule has 6 heteroatoms. The number of rotatable bonds is 4. The molecule has 1 fully saturated rings. The monoisotopic (exact) mass is 294 g/mol. The molecule has 0 amide bonds. The Morgan fingerprint density at radius 1 is 1.14 bits per heavy atom. The van der Waals surface area contributed by atoms with Crippen molar-refractivity contribution in [2.45, 2.75) is 37.5 Å².